The molecule has 13 heteroatoms. The summed E-state index contributed by atoms with van der Waals surface area (Å²) < 4.78 is 15.8. The number of hydrogen-bond acceptors (Lipinski definition) is 8. The number of aryl methyl sites for hydroxylation is 1. The molecule has 2 bridgehead atoms. The van der Waals surface area contributed by atoms with E-state index in [1.165, 1.54) is 12.8 Å². The number of likely N-dealkylation sites (tertiary alicyclic amines) is 2. The molecule has 4 saturated carbocycles. The van der Waals surface area contributed by atoms with Crippen LogP contribution >= 0.6 is 0 Å². The van der Waals surface area contributed by atoms with Crippen molar-refractivity contribution in [2.75, 3.05) is 19.6 Å². The minimum Gasteiger partial charge on any atom is -0.404 e. The molecular weight excluding hydrogens is 825 g/mol. The van der Waals surface area contributed by atoms with Gasteiger partial charge in [0.1, 0.15) is 17.8 Å². The number of aromatic nitrogens is 3. The van der Waals surface area contributed by atoms with Gasteiger partial charge in [-0.15, -0.1) is 5.10 Å². The van der Waals surface area contributed by atoms with Gasteiger partial charge in [-0.1, -0.05) is 125 Å². The molecule has 3 amide bonds. The Kier molecular flexibility index (Phi) is 13.1. The Morgan fingerprint density at radius 2 is 1.61 bits per heavy atom. The predicted octanol–water partition coefficient (Wildman–Crippen LogP) is 8.25. The average Bonchev–Trinajstić information content (AvgIpc) is 4.10. The molecular formula is C53H70BN7O5. The zero-order valence-corrected chi connectivity index (χ0v) is 39.4. The van der Waals surface area contributed by atoms with Crippen molar-refractivity contribution in [1.29, 1.82) is 0 Å². The number of carbonyl (C=O) groups is 3. The van der Waals surface area contributed by atoms with E-state index in [-0.39, 0.29) is 35.3 Å². The molecule has 350 valence electrons. The SMILES string of the molecule is CC1(C)[C@@H]2C[C@H]3OB([C@H](CCCCn4cc(-c5ccccc5)nn4)NC(=O)[C@@H]4C[C@@H](N5CCCCC5)CN4C(=O)[C@@H](CC4CCCCC4)NC(=O)c4ccc5ccccc5c4)O[C@@]3(C)[C@H]1C2. The minimum atomic E-state index is -0.739. The molecule has 2 N–H and O–H groups in total. The number of hydrogen-bond donors (Lipinski definition) is 2. The van der Waals surface area contributed by atoms with E-state index in [1.54, 1.807) is 0 Å². The van der Waals surface area contributed by atoms with Crippen LogP contribution in [0, 0.1) is 23.2 Å². The van der Waals surface area contributed by atoms with Crippen molar-refractivity contribution in [1.82, 2.24) is 35.4 Å². The van der Waals surface area contributed by atoms with Crippen LogP contribution in [0.1, 0.15) is 127 Å². The Balaban J connectivity index is 0.890. The number of nitrogens with one attached hydrogen (secondary N) is 2. The summed E-state index contributed by atoms with van der Waals surface area (Å²) in [5, 5.41) is 17.6. The molecule has 3 saturated heterocycles. The number of rotatable bonds is 15. The van der Waals surface area contributed by atoms with E-state index in [1.807, 2.05) is 88.6 Å². The maximum absolute atomic E-state index is 15.3. The van der Waals surface area contributed by atoms with E-state index < -0.39 is 30.7 Å². The highest BCUT2D eigenvalue weighted by Gasteiger charge is 2.68. The molecule has 3 aliphatic heterocycles. The minimum absolute atomic E-state index is 0.0231. The Morgan fingerprint density at radius 3 is 2.39 bits per heavy atom. The molecule has 0 unspecified atom stereocenters. The largest absolute Gasteiger partial charge is 0.481 e. The van der Waals surface area contributed by atoms with Crippen LogP contribution in [0.4, 0.5) is 0 Å². The van der Waals surface area contributed by atoms with Crippen LogP contribution in [0.3, 0.4) is 0 Å². The molecule has 0 spiro atoms. The highest BCUT2D eigenvalue weighted by Crippen LogP contribution is 2.65. The lowest BCUT2D eigenvalue weighted by molar-refractivity contribution is -0.199. The molecule has 1 aromatic heterocycles. The van der Waals surface area contributed by atoms with Crippen molar-refractivity contribution in [2.24, 2.45) is 23.2 Å². The zero-order valence-electron chi connectivity index (χ0n) is 39.4. The number of benzene rings is 3. The van der Waals surface area contributed by atoms with Crippen molar-refractivity contribution in [3.05, 3.63) is 84.6 Å². The van der Waals surface area contributed by atoms with Gasteiger partial charge in [-0.05, 0) is 117 Å². The third kappa shape index (κ3) is 9.20. The van der Waals surface area contributed by atoms with Gasteiger partial charge in [0.05, 0.1) is 23.8 Å². The summed E-state index contributed by atoms with van der Waals surface area (Å²) in [5.41, 5.74) is 2.17. The predicted molar refractivity (Wildman–Crippen MR) is 257 cm³/mol. The Hall–Kier alpha value is -4.59. The van der Waals surface area contributed by atoms with E-state index in [0.717, 1.165) is 99.3 Å². The summed E-state index contributed by atoms with van der Waals surface area (Å²) >= 11 is 0. The quantitative estimate of drug-likeness (QED) is 0.0902. The first kappa shape index (κ1) is 45.2. The van der Waals surface area contributed by atoms with Crippen molar-refractivity contribution in [3.8, 4) is 11.3 Å². The molecule has 7 aliphatic rings. The van der Waals surface area contributed by atoms with Crippen molar-refractivity contribution in [2.45, 2.75) is 159 Å². The molecule has 8 atom stereocenters. The van der Waals surface area contributed by atoms with Gasteiger partial charge in [-0.2, -0.15) is 0 Å². The summed E-state index contributed by atoms with van der Waals surface area (Å²) in [7, 11) is -0.598. The summed E-state index contributed by atoms with van der Waals surface area (Å²) in [5.74, 6) is 0.354. The van der Waals surface area contributed by atoms with Gasteiger partial charge in [0.25, 0.3) is 5.91 Å². The number of fused-ring (bicyclic) bond motifs is 1. The van der Waals surface area contributed by atoms with E-state index in [2.05, 4.69) is 46.6 Å². The van der Waals surface area contributed by atoms with E-state index in [9.17, 15) is 4.79 Å². The van der Waals surface area contributed by atoms with Gasteiger partial charge < -0.3 is 24.8 Å². The molecule has 4 aliphatic carbocycles. The lowest BCUT2D eigenvalue weighted by atomic mass is 9.43. The highest BCUT2D eigenvalue weighted by molar-refractivity contribution is 6.48. The molecule has 0 radical (unpaired) electrons. The van der Waals surface area contributed by atoms with Crippen LogP contribution in [-0.4, -0.2) is 105 Å². The van der Waals surface area contributed by atoms with E-state index in [0.29, 0.717) is 55.7 Å². The van der Waals surface area contributed by atoms with E-state index in [4.69, 9.17) is 9.31 Å². The molecule has 4 aromatic rings. The molecule has 12 nitrogen and oxygen atoms in total. The molecule has 11 rings (SSSR count). The molecule has 3 aromatic carbocycles. The second-order valence-corrected chi connectivity index (χ2v) is 21.5. The third-order valence-corrected chi connectivity index (χ3v) is 17.1. The van der Waals surface area contributed by atoms with Crippen LogP contribution in [0.2, 0.25) is 0 Å². The highest BCUT2D eigenvalue weighted by atomic mass is 16.7. The first-order valence-corrected chi connectivity index (χ1v) is 25.5. The third-order valence-electron chi connectivity index (χ3n) is 17.1. The summed E-state index contributed by atoms with van der Waals surface area (Å²) in [6.45, 7) is 10.1. The number of amides is 3. The topological polar surface area (TPSA) is 131 Å². The fraction of sp³-hybridized carbons (Fsp3) is 0.604. The van der Waals surface area contributed by atoms with Crippen molar-refractivity contribution < 1.29 is 23.7 Å². The summed E-state index contributed by atoms with van der Waals surface area (Å²) in [6, 6.07) is 22.5. The van der Waals surface area contributed by atoms with Crippen LogP contribution in [0.15, 0.2) is 79.0 Å². The molecule has 4 heterocycles. The van der Waals surface area contributed by atoms with Crippen molar-refractivity contribution in [3.63, 3.8) is 0 Å². The Labute approximate surface area is 391 Å². The number of carbonyl (C=O) groups excluding carboxylic acids is 3. The fourth-order valence-electron chi connectivity index (χ4n) is 13.0. The fourth-order valence-corrected chi connectivity index (χ4v) is 13.0. The van der Waals surface area contributed by atoms with Gasteiger partial charge >= 0.3 is 7.12 Å². The Bertz CT molecular complexity index is 2350. The molecule has 7 fully saturated rings. The summed E-state index contributed by atoms with van der Waals surface area (Å²) in [6.07, 6.45) is 16.5. The summed E-state index contributed by atoms with van der Waals surface area (Å²) in [4.78, 5) is 48.9. The van der Waals surface area contributed by atoms with Gasteiger partial charge in [-0.25, -0.2) is 0 Å². The second kappa shape index (κ2) is 19.2. The standard InChI is InChI=1S/C53H70BN7O5/c1-52(2)41-31-46(52)53(3)47(32-41)65-54(66-53)48(23-13-16-28-60-35-44(57-58-60)38-20-9-5-10-21-38)56-50(63)45-33-42(59-26-14-6-15-27-59)34-61(45)51(64)43(29-36-17-7-4-8-18-36)55-49(62)40-25-24-37-19-11-12-22-39(37)30-40/h5,9-12,19-22,24-25,30,35-36,41-43,45-48H,4,6-8,13-18,23,26-29,31-34H2,1-3H3,(H,55,62)(H,56,63)/t41-,42+,43+,45-,46-,47+,48-,53-/m0/s1. The van der Waals surface area contributed by atoms with Crippen LogP contribution in [0.25, 0.3) is 22.0 Å². The monoisotopic (exact) mass is 896 g/mol. The first-order valence-electron chi connectivity index (χ1n) is 25.5. The average molecular weight is 896 g/mol. The van der Waals surface area contributed by atoms with Gasteiger partial charge in [0.2, 0.25) is 11.8 Å². The van der Waals surface area contributed by atoms with E-state index >= 15 is 9.59 Å². The lowest BCUT2D eigenvalue weighted by Gasteiger charge is -2.64. The van der Waals surface area contributed by atoms with Crippen LogP contribution in [-0.2, 0) is 25.4 Å². The van der Waals surface area contributed by atoms with Gasteiger partial charge in [-0.3, -0.25) is 24.0 Å². The normalized spacial score (nSPS) is 28.4. The second-order valence-electron chi connectivity index (χ2n) is 21.5. The van der Waals surface area contributed by atoms with Crippen LogP contribution < -0.4 is 10.6 Å². The number of nitrogens with zero attached hydrogens (tertiary/aromatic N) is 5. The van der Waals surface area contributed by atoms with Crippen LogP contribution in [0.5, 0.6) is 0 Å². The van der Waals surface area contributed by atoms with Crippen molar-refractivity contribution >= 4 is 35.6 Å². The first-order chi connectivity index (χ1) is 32.0. The lowest BCUT2D eigenvalue weighted by Crippen LogP contribution is -2.65. The Morgan fingerprint density at radius 1 is 0.848 bits per heavy atom. The molecule has 66 heavy (non-hydrogen) atoms. The maximum Gasteiger partial charge on any atom is 0.481 e. The smallest absolute Gasteiger partial charge is 0.404 e. The number of unbranched alkanes of at least 4 members (excludes halogenated alkanes) is 1. The van der Waals surface area contributed by atoms with Gasteiger partial charge in [0, 0.05) is 30.3 Å². The maximum atomic E-state index is 15.3. The zero-order chi connectivity index (χ0) is 45.4. The van der Waals surface area contributed by atoms with Gasteiger partial charge in [0.15, 0.2) is 0 Å². The number of piperidine rings is 1.